The third-order valence-electron chi connectivity index (χ3n) is 3.83. The molecule has 0 fully saturated rings. The Balaban J connectivity index is 1.67. The summed E-state index contributed by atoms with van der Waals surface area (Å²) in [7, 11) is 1.57. The minimum atomic E-state index is -0.334. The van der Waals surface area contributed by atoms with Gasteiger partial charge in [0.2, 0.25) is 5.91 Å². The van der Waals surface area contributed by atoms with E-state index in [1.54, 1.807) is 19.2 Å². The van der Waals surface area contributed by atoms with Gasteiger partial charge in [0.25, 0.3) is 5.91 Å². The predicted octanol–water partition coefficient (Wildman–Crippen LogP) is 4.21. The molecule has 0 saturated heterocycles. The second-order valence-electron chi connectivity index (χ2n) is 5.82. The van der Waals surface area contributed by atoms with Crippen molar-refractivity contribution in [2.24, 2.45) is 0 Å². The van der Waals surface area contributed by atoms with E-state index in [1.807, 2.05) is 43.3 Å². The molecule has 2 aromatic carbocycles. The summed E-state index contributed by atoms with van der Waals surface area (Å²) >= 11 is 3.39. The molecule has 1 heterocycles. The smallest absolute Gasteiger partial charge is 0.289 e. The van der Waals surface area contributed by atoms with Gasteiger partial charge in [0, 0.05) is 22.6 Å². The first-order valence-electron chi connectivity index (χ1n) is 7.74. The molecule has 1 aromatic heterocycles. The molecule has 128 valence electrons. The molecule has 0 saturated carbocycles. The van der Waals surface area contributed by atoms with E-state index in [-0.39, 0.29) is 24.1 Å². The number of furan rings is 1. The van der Waals surface area contributed by atoms with Gasteiger partial charge < -0.3 is 14.6 Å². The normalized spacial score (nSPS) is 10.7. The number of amides is 2. The van der Waals surface area contributed by atoms with Crippen LogP contribution in [0.5, 0.6) is 0 Å². The standard InChI is InChI=1S/C19H17BrN2O3/c1-12-9-14(20)7-8-15(12)21-18(23)11-22(2)19(24)17-10-13-5-3-4-6-16(13)25-17/h3-10H,11H2,1-2H3,(H,21,23). The number of fused-ring (bicyclic) bond motifs is 1. The van der Waals surface area contributed by atoms with Crippen LogP contribution in [-0.4, -0.2) is 30.3 Å². The molecule has 0 atom stereocenters. The Morgan fingerprint density at radius 1 is 1.16 bits per heavy atom. The quantitative estimate of drug-likeness (QED) is 0.712. The van der Waals surface area contributed by atoms with Crippen LogP contribution in [0, 0.1) is 6.92 Å². The summed E-state index contributed by atoms with van der Waals surface area (Å²) in [5.74, 6) is -0.382. The van der Waals surface area contributed by atoms with Crippen LogP contribution < -0.4 is 5.32 Å². The minimum absolute atomic E-state index is 0.0641. The Labute approximate surface area is 153 Å². The van der Waals surface area contributed by atoms with Crippen molar-refractivity contribution in [1.29, 1.82) is 0 Å². The van der Waals surface area contributed by atoms with E-state index in [2.05, 4.69) is 21.2 Å². The van der Waals surface area contributed by atoms with Crippen LogP contribution in [0.15, 0.2) is 57.4 Å². The summed E-state index contributed by atoms with van der Waals surface area (Å²) in [5, 5.41) is 3.67. The molecule has 5 nitrogen and oxygen atoms in total. The first-order valence-corrected chi connectivity index (χ1v) is 8.53. The number of nitrogens with one attached hydrogen (secondary N) is 1. The number of rotatable bonds is 4. The third kappa shape index (κ3) is 3.91. The van der Waals surface area contributed by atoms with Crippen molar-refractivity contribution >= 4 is 44.4 Å². The number of nitrogens with zero attached hydrogens (tertiary/aromatic N) is 1. The maximum atomic E-state index is 12.5. The Kier molecular flexibility index (Phi) is 4.90. The van der Waals surface area contributed by atoms with Crippen molar-refractivity contribution in [2.45, 2.75) is 6.92 Å². The molecule has 3 rings (SSSR count). The number of carbonyl (C=O) groups is 2. The van der Waals surface area contributed by atoms with Gasteiger partial charge in [-0.05, 0) is 42.8 Å². The van der Waals surface area contributed by atoms with Crippen molar-refractivity contribution in [1.82, 2.24) is 4.90 Å². The van der Waals surface area contributed by atoms with Crippen LogP contribution in [0.4, 0.5) is 5.69 Å². The van der Waals surface area contributed by atoms with Gasteiger partial charge in [-0.2, -0.15) is 0 Å². The molecule has 0 unspecified atom stereocenters. The highest BCUT2D eigenvalue weighted by atomic mass is 79.9. The first kappa shape index (κ1) is 17.2. The van der Waals surface area contributed by atoms with Gasteiger partial charge >= 0.3 is 0 Å². The SMILES string of the molecule is Cc1cc(Br)ccc1NC(=O)CN(C)C(=O)c1cc2ccccc2o1. The lowest BCUT2D eigenvalue weighted by Crippen LogP contribution is -2.34. The summed E-state index contributed by atoms with van der Waals surface area (Å²) in [4.78, 5) is 26.0. The van der Waals surface area contributed by atoms with E-state index in [1.165, 1.54) is 4.90 Å². The first-order chi connectivity index (χ1) is 11.9. The molecule has 6 heteroatoms. The molecule has 3 aromatic rings. The molecule has 0 aliphatic carbocycles. The van der Waals surface area contributed by atoms with Gasteiger partial charge in [0.15, 0.2) is 5.76 Å². The second kappa shape index (κ2) is 7.11. The van der Waals surface area contributed by atoms with E-state index in [0.717, 1.165) is 21.1 Å². The maximum absolute atomic E-state index is 12.5. The minimum Gasteiger partial charge on any atom is -0.451 e. The van der Waals surface area contributed by atoms with E-state index >= 15 is 0 Å². The number of aryl methyl sites for hydroxylation is 1. The van der Waals surface area contributed by atoms with Gasteiger partial charge in [0.05, 0.1) is 6.54 Å². The van der Waals surface area contributed by atoms with Crippen molar-refractivity contribution in [2.75, 3.05) is 18.9 Å². The third-order valence-corrected chi connectivity index (χ3v) is 4.32. The predicted molar refractivity (Wildman–Crippen MR) is 101 cm³/mol. The molecule has 0 spiro atoms. The molecule has 2 amide bonds. The van der Waals surface area contributed by atoms with Crippen LogP contribution in [0.3, 0.4) is 0 Å². The van der Waals surface area contributed by atoms with E-state index in [9.17, 15) is 9.59 Å². The van der Waals surface area contributed by atoms with Crippen LogP contribution in [0.1, 0.15) is 16.1 Å². The van der Waals surface area contributed by atoms with Crippen LogP contribution >= 0.6 is 15.9 Å². The van der Waals surface area contributed by atoms with E-state index in [0.29, 0.717) is 5.58 Å². The molecule has 0 aliphatic rings. The molecule has 1 N–H and O–H groups in total. The molecule has 25 heavy (non-hydrogen) atoms. The highest BCUT2D eigenvalue weighted by Gasteiger charge is 2.19. The lowest BCUT2D eigenvalue weighted by atomic mass is 10.2. The van der Waals surface area contributed by atoms with Crippen molar-refractivity contribution in [3.05, 3.63) is 64.3 Å². The lowest BCUT2D eigenvalue weighted by molar-refractivity contribution is -0.116. The fourth-order valence-corrected chi connectivity index (χ4v) is 3.00. The van der Waals surface area contributed by atoms with Crippen LogP contribution in [0.25, 0.3) is 11.0 Å². The molecule has 0 aliphatic heterocycles. The monoisotopic (exact) mass is 400 g/mol. The number of anilines is 1. The molecule has 0 radical (unpaired) electrons. The number of benzene rings is 2. The van der Waals surface area contributed by atoms with Gasteiger partial charge in [-0.25, -0.2) is 0 Å². The van der Waals surface area contributed by atoms with E-state index in [4.69, 9.17) is 4.42 Å². The number of carbonyl (C=O) groups excluding carboxylic acids is 2. The van der Waals surface area contributed by atoms with Crippen LogP contribution in [-0.2, 0) is 4.79 Å². The average Bonchev–Trinajstić information content (AvgIpc) is 3.00. The van der Waals surface area contributed by atoms with Gasteiger partial charge in [-0.3, -0.25) is 9.59 Å². The number of hydrogen-bond acceptors (Lipinski definition) is 3. The van der Waals surface area contributed by atoms with Gasteiger partial charge in [0.1, 0.15) is 5.58 Å². The highest BCUT2D eigenvalue weighted by Crippen LogP contribution is 2.21. The Bertz CT molecular complexity index is 916. The average molecular weight is 401 g/mol. The topological polar surface area (TPSA) is 62.6 Å². The lowest BCUT2D eigenvalue weighted by Gasteiger charge is -2.16. The zero-order valence-electron chi connectivity index (χ0n) is 13.9. The fourth-order valence-electron chi connectivity index (χ4n) is 2.52. The zero-order chi connectivity index (χ0) is 18.0. The van der Waals surface area contributed by atoms with E-state index < -0.39 is 0 Å². The Morgan fingerprint density at radius 3 is 2.64 bits per heavy atom. The van der Waals surface area contributed by atoms with Crippen molar-refractivity contribution in [3.8, 4) is 0 Å². The van der Waals surface area contributed by atoms with Crippen molar-refractivity contribution in [3.63, 3.8) is 0 Å². The Morgan fingerprint density at radius 2 is 1.92 bits per heavy atom. The summed E-state index contributed by atoms with van der Waals surface area (Å²) in [6, 6.07) is 14.7. The zero-order valence-corrected chi connectivity index (χ0v) is 15.5. The highest BCUT2D eigenvalue weighted by molar-refractivity contribution is 9.10. The number of likely N-dealkylation sites (N-methyl/N-ethyl adjacent to an activating group) is 1. The number of para-hydroxylation sites is 1. The molecular formula is C19H17BrN2O3. The second-order valence-corrected chi connectivity index (χ2v) is 6.73. The van der Waals surface area contributed by atoms with Crippen molar-refractivity contribution < 1.29 is 14.0 Å². The Hall–Kier alpha value is -2.60. The number of hydrogen-bond donors (Lipinski definition) is 1. The van der Waals surface area contributed by atoms with Gasteiger partial charge in [-0.15, -0.1) is 0 Å². The largest absolute Gasteiger partial charge is 0.451 e. The summed E-state index contributed by atoms with van der Waals surface area (Å²) in [5.41, 5.74) is 2.31. The molecular weight excluding hydrogens is 384 g/mol. The van der Waals surface area contributed by atoms with Crippen LogP contribution in [0.2, 0.25) is 0 Å². The maximum Gasteiger partial charge on any atom is 0.289 e. The number of halogens is 1. The molecule has 0 bridgehead atoms. The summed E-state index contributed by atoms with van der Waals surface area (Å²) in [6.45, 7) is 1.84. The summed E-state index contributed by atoms with van der Waals surface area (Å²) in [6.07, 6.45) is 0. The van der Waals surface area contributed by atoms with Gasteiger partial charge in [-0.1, -0.05) is 34.1 Å². The summed E-state index contributed by atoms with van der Waals surface area (Å²) < 4.78 is 6.50. The fraction of sp³-hybridized carbons (Fsp3) is 0.158.